The number of non-ortho nitro benzene ring substituents is 1. The highest BCUT2D eigenvalue weighted by atomic mass is 16.6. The zero-order chi connectivity index (χ0) is 29.8. The highest BCUT2D eigenvalue weighted by Crippen LogP contribution is 2.29. The Kier molecular flexibility index (Phi) is 7.39. The maximum absolute atomic E-state index is 12.7. The van der Waals surface area contributed by atoms with Crippen molar-refractivity contribution in [3.8, 4) is 5.75 Å². The van der Waals surface area contributed by atoms with E-state index in [9.17, 15) is 20.0 Å². The van der Waals surface area contributed by atoms with Crippen LogP contribution in [-0.4, -0.2) is 26.7 Å². The summed E-state index contributed by atoms with van der Waals surface area (Å²) < 4.78 is 2.27. The number of phenols is 1. The van der Waals surface area contributed by atoms with E-state index >= 15 is 0 Å². The van der Waals surface area contributed by atoms with E-state index in [1.54, 1.807) is 24.3 Å². The second-order valence-electron chi connectivity index (χ2n) is 9.73. The summed E-state index contributed by atoms with van der Waals surface area (Å²) in [7, 11) is 0. The molecule has 0 saturated heterocycles. The average molecular weight is 569 g/mol. The van der Waals surface area contributed by atoms with Gasteiger partial charge in [0, 0.05) is 51.6 Å². The van der Waals surface area contributed by atoms with E-state index in [1.165, 1.54) is 47.3 Å². The fourth-order valence-corrected chi connectivity index (χ4v) is 4.81. The lowest BCUT2D eigenvalue weighted by Crippen LogP contribution is -2.17. The molecule has 0 bridgehead atoms. The monoisotopic (exact) mass is 568 g/mol. The molecule has 10 heteroatoms. The van der Waals surface area contributed by atoms with Gasteiger partial charge in [-0.2, -0.15) is 15.3 Å². The number of hydrogen-bond donors (Lipinski definition) is 2. The number of phenolic OH excluding ortho intramolecular Hbond substituents is 1. The van der Waals surface area contributed by atoms with Crippen LogP contribution in [-0.2, 0) is 6.54 Å². The minimum Gasteiger partial charge on any atom is -0.507 e. The molecule has 6 rings (SSSR count). The van der Waals surface area contributed by atoms with Crippen molar-refractivity contribution < 1.29 is 14.8 Å². The van der Waals surface area contributed by atoms with Crippen molar-refractivity contribution in [1.82, 2.24) is 9.99 Å². The van der Waals surface area contributed by atoms with Crippen molar-refractivity contribution in [3.63, 3.8) is 0 Å². The molecule has 210 valence electrons. The van der Waals surface area contributed by atoms with Gasteiger partial charge in [-0.1, -0.05) is 48.5 Å². The van der Waals surface area contributed by atoms with Crippen molar-refractivity contribution >= 4 is 51.0 Å². The third-order valence-electron chi connectivity index (χ3n) is 6.96. The fraction of sp³-hybridized carbons (Fsp3) is 0.0303. The predicted molar refractivity (Wildman–Crippen MR) is 165 cm³/mol. The molecule has 1 aromatic heterocycles. The smallest absolute Gasteiger partial charge is 0.271 e. The number of hydrazone groups is 1. The first kappa shape index (κ1) is 27.0. The summed E-state index contributed by atoms with van der Waals surface area (Å²) >= 11 is 0. The number of nitro groups is 1. The summed E-state index contributed by atoms with van der Waals surface area (Å²) in [5, 5.41) is 35.6. The van der Waals surface area contributed by atoms with E-state index in [2.05, 4.69) is 49.6 Å². The summed E-state index contributed by atoms with van der Waals surface area (Å²) in [5.41, 5.74) is 7.42. The molecule has 43 heavy (non-hydrogen) atoms. The predicted octanol–water partition coefficient (Wildman–Crippen LogP) is 7.64. The fourth-order valence-electron chi connectivity index (χ4n) is 4.81. The maximum Gasteiger partial charge on any atom is 0.271 e. The number of fused-ring (bicyclic) bond motifs is 3. The number of para-hydroxylation sites is 2. The number of nitrogens with zero attached hydrogens (tertiary/aromatic N) is 5. The number of carbonyl (C=O) groups is 1. The molecule has 0 atom stereocenters. The Morgan fingerprint density at radius 3 is 2.07 bits per heavy atom. The minimum atomic E-state index is -0.492. The molecule has 0 radical (unpaired) electrons. The molecule has 0 unspecified atom stereocenters. The molecule has 5 aromatic carbocycles. The van der Waals surface area contributed by atoms with Crippen molar-refractivity contribution in [2.45, 2.75) is 6.54 Å². The Hall–Kier alpha value is -6.16. The summed E-state index contributed by atoms with van der Waals surface area (Å²) in [5.74, 6) is -0.449. The van der Waals surface area contributed by atoms with E-state index in [0.717, 1.165) is 16.6 Å². The Balaban J connectivity index is 1.11. The van der Waals surface area contributed by atoms with Crippen LogP contribution in [0.15, 0.2) is 131 Å². The third-order valence-corrected chi connectivity index (χ3v) is 6.96. The van der Waals surface area contributed by atoms with E-state index in [1.807, 2.05) is 36.4 Å². The quantitative estimate of drug-likeness (QED) is 0.0844. The lowest BCUT2D eigenvalue weighted by atomic mass is 10.1. The van der Waals surface area contributed by atoms with Gasteiger partial charge in [0.1, 0.15) is 5.75 Å². The second-order valence-corrected chi connectivity index (χ2v) is 9.73. The largest absolute Gasteiger partial charge is 0.507 e. The number of hydrogen-bond acceptors (Lipinski definition) is 7. The van der Waals surface area contributed by atoms with Crippen LogP contribution in [0.2, 0.25) is 0 Å². The van der Waals surface area contributed by atoms with E-state index < -0.39 is 10.8 Å². The first-order valence-electron chi connectivity index (χ1n) is 13.3. The molecule has 0 aliphatic heterocycles. The van der Waals surface area contributed by atoms with Crippen molar-refractivity contribution in [2.24, 2.45) is 15.3 Å². The zero-order valence-electron chi connectivity index (χ0n) is 22.7. The van der Waals surface area contributed by atoms with Crippen LogP contribution in [0.3, 0.4) is 0 Å². The molecule has 0 saturated carbocycles. The number of aromatic nitrogens is 1. The Bertz CT molecular complexity index is 1980. The Morgan fingerprint density at radius 2 is 1.42 bits per heavy atom. The molecule has 0 aliphatic carbocycles. The normalized spacial score (nSPS) is 11.5. The second kappa shape index (κ2) is 11.8. The number of carbonyl (C=O) groups excluding carboxylic acids is 1. The van der Waals surface area contributed by atoms with Gasteiger partial charge in [-0.25, -0.2) is 5.43 Å². The van der Waals surface area contributed by atoms with Crippen LogP contribution in [0.5, 0.6) is 5.75 Å². The standard InChI is InChI=1S/C33H24N6O4/c40-32-18-15-26(36-35-25-13-16-27(17-14-25)39(42)43)19-24(32)20-34-37-33(41)23-11-9-22(10-12-23)21-38-30-7-3-1-5-28(30)29-6-2-4-8-31(29)38/h1-20,40H,21H2,(H,37,41)/b34-20+,36-35?. The molecule has 2 N–H and O–H groups in total. The number of benzene rings is 5. The molecule has 10 nitrogen and oxygen atoms in total. The molecule has 0 aliphatic rings. The number of aromatic hydroxyl groups is 1. The van der Waals surface area contributed by atoms with Gasteiger partial charge in [0.25, 0.3) is 11.6 Å². The van der Waals surface area contributed by atoms with Crippen LogP contribution >= 0.6 is 0 Å². The highest BCUT2D eigenvalue weighted by molar-refractivity contribution is 6.08. The number of nitro benzene ring substituents is 1. The topological polar surface area (TPSA) is 134 Å². The number of azo groups is 1. The van der Waals surface area contributed by atoms with Gasteiger partial charge in [0.05, 0.1) is 22.5 Å². The highest BCUT2D eigenvalue weighted by Gasteiger charge is 2.11. The molecular formula is C33H24N6O4. The molecule has 1 amide bonds. The van der Waals surface area contributed by atoms with Gasteiger partial charge in [0.15, 0.2) is 0 Å². The number of nitrogens with one attached hydrogen (secondary N) is 1. The van der Waals surface area contributed by atoms with Crippen molar-refractivity contribution in [1.29, 1.82) is 0 Å². The van der Waals surface area contributed by atoms with Crippen LogP contribution in [0.25, 0.3) is 21.8 Å². The Morgan fingerprint density at radius 1 is 0.814 bits per heavy atom. The van der Waals surface area contributed by atoms with Crippen molar-refractivity contribution in [2.75, 3.05) is 0 Å². The van der Waals surface area contributed by atoms with Crippen LogP contribution in [0.1, 0.15) is 21.5 Å². The van der Waals surface area contributed by atoms with Gasteiger partial charge in [-0.3, -0.25) is 14.9 Å². The van der Waals surface area contributed by atoms with Crippen LogP contribution < -0.4 is 5.43 Å². The lowest BCUT2D eigenvalue weighted by molar-refractivity contribution is -0.384. The Labute approximate surface area is 245 Å². The van der Waals surface area contributed by atoms with E-state index in [4.69, 9.17) is 0 Å². The van der Waals surface area contributed by atoms with Gasteiger partial charge < -0.3 is 9.67 Å². The SMILES string of the molecule is O=C(N/N=C/c1cc(N=Nc2ccc([N+](=O)[O-])cc2)ccc1O)c1ccc(Cn2c3ccccc3c3ccccc32)cc1. The van der Waals surface area contributed by atoms with E-state index in [0.29, 0.717) is 29.0 Å². The molecule has 6 aromatic rings. The van der Waals surface area contributed by atoms with E-state index in [-0.39, 0.29) is 11.4 Å². The minimum absolute atomic E-state index is 0.0422. The maximum atomic E-state index is 12.7. The first-order chi connectivity index (χ1) is 21.0. The number of amides is 1. The summed E-state index contributed by atoms with van der Waals surface area (Å²) in [6.07, 6.45) is 1.31. The lowest BCUT2D eigenvalue weighted by Gasteiger charge is -2.09. The summed E-state index contributed by atoms with van der Waals surface area (Å²) in [4.78, 5) is 23.0. The van der Waals surface area contributed by atoms with Crippen LogP contribution in [0, 0.1) is 10.1 Å². The van der Waals surface area contributed by atoms with Gasteiger partial charge in [-0.05, 0) is 60.2 Å². The molecule has 0 fully saturated rings. The molecule has 0 spiro atoms. The van der Waals surface area contributed by atoms with Gasteiger partial charge >= 0.3 is 0 Å². The molecule has 1 heterocycles. The first-order valence-corrected chi connectivity index (χ1v) is 13.3. The van der Waals surface area contributed by atoms with Gasteiger partial charge in [0.2, 0.25) is 0 Å². The van der Waals surface area contributed by atoms with Crippen molar-refractivity contribution in [3.05, 3.63) is 142 Å². The summed E-state index contributed by atoms with van der Waals surface area (Å²) in [6, 6.07) is 34.2. The summed E-state index contributed by atoms with van der Waals surface area (Å²) in [6.45, 7) is 0.658. The third kappa shape index (κ3) is 5.84. The number of rotatable bonds is 8. The zero-order valence-corrected chi connectivity index (χ0v) is 22.7. The average Bonchev–Trinajstić information content (AvgIpc) is 3.35. The van der Waals surface area contributed by atoms with Gasteiger partial charge in [-0.15, -0.1) is 0 Å². The molecular weight excluding hydrogens is 544 g/mol. The van der Waals surface area contributed by atoms with Crippen LogP contribution in [0.4, 0.5) is 17.1 Å².